The number of amides is 2. The van der Waals surface area contributed by atoms with Crippen LogP contribution in [0.5, 0.6) is 0 Å². The first-order chi connectivity index (χ1) is 9.61. The molecule has 2 atom stereocenters. The molecule has 122 valence electrons. The number of carbonyl (C=O) groups excluding carboxylic acids is 2. The number of ether oxygens (including phenoxy) is 2. The summed E-state index contributed by atoms with van der Waals surface area (Å²) >= 11 is 0. The van der Waals surface area contributed by atoms with Gasteiger partial charge < -0.3 is 25.0 Å². The van der Waals surface area contributed by atoms with Crippen molar-refractivity contribution >= 4 is 24.2 Å². The van der Waals surface area contributed by atoms with Crippen LogP contribution in [0.1, 0.15) is 12.8 Å². The smallest absolute Gasteiger partial charge is 0.251 e. The van der Waals surface area contributed by atoms with E-state index >= 15 is 0 Å². The van der Waals surface area contributed by atoms with E-state index < -0.39 is 6.10 Å². The zero-order chi connectivity index (χ0) is 14.5. The molecule has 0 spiro atoms. The minimum absolute atomic E-state index is 0. The molecule has 0 aromatic rings. The highest BCUT2D eigenvalue weighted by Crippen LogP contribution is 2.20. The van der Waals surface area contributed by atoms with Crippen molar-refractivity contribution in [2.24, 2.45) is 5.73 Å². The summed E-state index contributed by atoms with van der Waals surface area (Å²) in [6.45, 7) is 2.83. The van der Waals surface area contributed by atoms with Crippen LogP contribution in [0.4, 0.5) is 0 Å². The monoisotopic (exact) mass is 321 g/mol. The van der Waals surface area contributed by atoms with E-state index in [9.17, 15) is 9.59 Å². The van der Waals surface area contributed by atoms with E-state index in [0.717, 1.165) is 6.42 Å². The second-order valence-corrected chi connectivity index (χ2v) is 5.25. The fourth-order valence-electron chi connectivity index (χ4n) is 2.50. The van der Waals surface area contributed by atoms with E-state index in [0.29, 0.717) is 39.3 Å². The van der Waals surface area contributed by atoms with Crippen LogP contribution in [0.25, 0.3) is 0 Å². The van der Waals surface area contributed by atoms with Crippen molar-refractivity contribution in [2.45, 2.75) is 25.0 Å². The highest BCUT2D eigenvalue weighted by atomic mass is 35.5. The molecule has 2 amide bonds. The number of carbonyl (C=O) groups is 2. The summed E-state index contributed by atoms with van der Waals surface area (Å²) in [5.74, 6) is -0.180. The molecule has 0 aromatic carbocycles. The number of nitrogens with zero attached hydrogens (tertiary/aromatic N) is 2. The van der Waals surface area contributed by atoms with E-state index in [1.165, 1.54) is 4.90 Å². The summed E-state index contributed by atoms with van der Waals surface area (Å²) in [4.78, 5) is 27.4. The van der Waals surface area contributed by atoms with Crippen molar-refractivity contribution in [1.82, 2.24) is 9.80 Å². The Labute approximate surface area is 131 Å². The number of nitrogens with two attached hydrogens (primary N) is 1. The molecule has 2 rings (SSSR count). The average Bonchev–Trinajstić information content (AvgIpc) is 2.96. The second-order valence-electron chi connectivity index (χ2n) is 5.25. The molecule has 7 nitrogen and oxygen atoms in total. The zero-order valence-corrected chi connectivity index (χ0v) is 13.1. The molecule has 0 radical (unpaired) electrons. The van der Waals surface area contributed by atoms with Gasteiger partial charge in [0.15, 0.2) is 0 Å². The lowest BCUT2D eigenvalue weighted by molar-refractivity contribution is -0.147. The topological polar surface area (TPSA) is 85.1 Å². The summed E-state index contributed by atoms with van der Waals surface area (Å²) in [6.07, 6.45) is 0.993. The lowest BCUT2D eigenvalue weighted by Gasteiger charge is -2.29. The van der Waals surface area contributed by atoms with E-state index in [1.54, 1.807) is 11.9 Å². The molecule has 2 N–H and O–H groups in total. The van der Waals surface area contributed by atoms with Crippen molar-refractivity contribution in [3.63, 3.8) is 0 Å². The molecule has 8 heteroatoms. The predicted molar refractivity (Wildman–Crippen MR) is 79.2 cm³/mol. The number of halogens is 1. The van der Waals surface area contributed by atoms with E-state index in [2.05, 4.69) is 0 Å². The Morgan fingerprint density at radius 3 is 2.52 bits per heavy atom. The highest BCUT2D eigenvalue weighted by molar-refractivity contribution is 5.87. The quantitative estimate of drug-likeness (QED) is 0.735. The minimum Gasteiger partial charge on any atom is -0.378 e. The second kappa shape index (κ2) is 8.53. The van der Waals surface area contributed by atoms with Gasteiger partial charge in [0.1, 0.15) is 6.10 Å². The van der Waals surface area contributed by atoms with Crippen LogP contribution in [-0.2, 0) is 19.1 Å². The van der Waals surface area contributed by atoms with Crippen LogP contribution in [0.3, 0.4) is 0 Å². The van der Waals surface area contributed by atoms with Crippen LogP contribution in [0.15, 0.2) is 0 Å². The number of likely N-dealkylation sites (N-methyl/N-ethyl adjacent to an activating group) is 1. The first-order valence-corrected chi connectivity index (χ1v) is 7.08. The Morgan fingerprint density at radius 2 is 1.95 bits per heavy atom. The van der Waals surface area contributed by atoms with Crippen LogP contribution < -0.4 is 5.73 Å². The molecule has 2 aliphatic rings. The van der Waals surface area contributed by atoms with Crippen molar-refractivity contribution in [2.75, 3.05) is 46.4 Å². The Balaban J connectivity index is 0.00000220. The molecule has 2 saturated heterocycles. The third-order valence-corrected chi connectivity index (χ3v) is 3.76. The highest BCUT2D eigenvalue weighted by Gasteiger charge is 2.32. The molecule has 2 heterocycles. The van der Waals surface area contributed by atoms with Gasteiger partial charge in [-0.05, 0) is 12.8 Å². The van der Waals surface area contributed by atoms with Gasteiger partial charge >= 0.3 is 0 Å². The van der Waals surface area contributed by atoms with Gasteiger partial charge in [-0.1, -0.05) is 0 Å². The maximum Gasteiger partial charge on any atom is 0.251 e. The number of hydrogen-bond acceptors (Lipinski definition) is 5. The summed E-state index contributed by atoms with van der Waals surface area (Å²) in [7, 11) is 1.64. The van der Waals surface area contributed by atoms with Gasteiger partial charge in [-0.15, -0.1) is 12.4 Å². The van der Waals surface area contributed by atoms with Crippen molar-refractivity contribution in [3.8, 4) is 0 Å². The third-order valence-electron chi connectivity index (χ3n) is 3.76. The largest absolute Gasteiger partial charge is 0.378 e. The molecule has 0 aliphatic carbocycles. The fourth-order valence-corrected chi connectivity index (χ4v) is 2.50. The Kier molecular flexibility index (Phi) is 7.37. The molecule has 2 aliphatic heterocycles. The summed E-state index contributed by atoms with van der Waals surface area (Å²) in [5, 5.41) is 0. The maximum absolute atomic E-state index is 12.2. The lowest BCUT2D eigenvalue weighted by atomic mass is 10.2. The van der Waals surface area contributed by atoms with Gasteiger partial charge in [-0.2, -0.15) is 0 Å². The van der Waals surface area contributed by atoms with Gasteiger partial charge in [0.05, 0.1) is 25.9 Å². The summed E-state index contributed by atoms with van der Waals surface area (Å²) < 4.78 is 10.8. The first-order valence-electron chi connectivity index (χ1n) is 7.08. The molecule has 0 aromatic heterocycles. The summed E-state index contributed by atoms with van der Waals surface area (Å²) in [5.41, 5.74) is 5.53. The van der Waals surface area contributed by atoms with Crippen molar-refractivity contribution < 1.29 is 19.1 Å². The van der Waals surface area contributed by atoms with Crippen LogP contribution >= 0.6 is 12.4 Å². The van der Waals surface area contributed by atoms with Gasteiger partial charge in [0.25, 0.3) is 5.91 Å². The normalized spacial score (nSPS) is 25.3. The standard InChI is InChI=1S/C13H23N3O4.ClH/c1-15(9-12(17)16-4-6-19-7-5-16)13(18)11-3-2-10(8-14)20-11;/h10-11H,2-9,14H2,1H3;1H/t10-,11+;/m1./s1. The molecule has 0 bridgehead atoms. The average molecular weight is 322 g/mol. The third kappa shape index (κ3) is 4.81. The molecular formula is C13H24ClN3O4. The van der Waals surface area contributed by atoms with Gasteiger partial charge in [-0.3, -0.25) is 9.59 Å². The predicted octanol–water partition coefficient (Wildman–Crippen LogP) is -0.768. The molecule has 2 fully saturated rings. The summed E-state index contributed by atoms with van der Waals surface area (Å²) in [6, 6.07) is 0. The van der Waals surface area contributed by atoms with E-state index in [-0.39, 0.29) is 36.9 Å². The molecule has 0 saturated carbocycles. The van der Waals surface area contributed by atoms with Gasteiger partial charge in [0.2, 0.25) is 5.91 Å². The van der Waals surface area contributed by atoms with E-state index in [4.69, 9.17) is 15.2 Å². The van der Waals surface area contributed by atoms with Gasteiger partial charge in [0, 0.05) is 26.7 Å². The Bertz CT molecular complexity index is 363. The van der Waals surface area contributed by atoms with Crippen LogP contribution in [-0.4, -0.2) is 80.3 Å². The minimum atomic E-state index is -0.453. The Hall–Kier alpha value is -0.890. The van der Waals surface area contributed by atoms with Crippen LogP contribution in [0, 0.1) is 0 Å². The molecule has 21 heavy (non-hydrogen) atoms. The lowest BCUT2D eigenvalue weighted by Crippen LogP contribution is -2.47. The number of rotatable bonds is 4. The Morgan fingerprint density at radius 1 is 1.29 bits per heavy atom. The SMILES string of the molecule is CN(CC(=O)N1CCOCC1)C(=O)[C@@H]1CC[C@H](CN)O1.Cl. The molecule has 0 unspecified atom stereocenters. The maximum atomic E-state index is 12.2. The van der Waals surface area contributed by atoms with Crippen LogP contribution in [0.2, 0.25) is 0 Å². The number of hydrogen-bond donors (Lipinski definition) is 1. The number of morpholine rings is 1. The van der Waals surface area contributed by atoms with Gasteiger partial charge in [-0.25, -0.2) is 0 Å². The fraction of sp³-hybridized carbons (Fsp3) is 0.846. The first kappa shape index (κ1) is 18.2. The van der Waals surface area contributed by atoms with Crippen molar-refractivity contribution in [1.29, 1.82) is 0 Å². The van der Waals surface area contributed by atoms with E-state index in [1.807, 2.05) is 0 Å². The van der Waals surface area contributed by atoms with Crippen molar-refractivity contribution in [3.05, 3.63) is 0 Å². The molecular weight excluding hydrogens is 298 g/mol. The zero-order valence-electron chi connectivity index (χ0n) is 12.3.